The predicted octanol–water partition coefficient (Wildman–Crippen LogP) is 3.29. The molecule has 0 amide bonds. The summed E-state index contributed by atoms with van der Waals surface area (Å²) in [6.07, 6.45) is 0. The summed E-state index contributed by atoms with van der Waals surface area (Å²) in [5.74, 6) is 0. The van der Waals surface area contributed by atoms with Gasteiger partial charge in [-0.1, -0.05) is 0 Å². The third kappa shape index (κ3) is 5.19. The van der Waals surface area contributed by atoms with Gasteiger partial charge in [-0.15, -0.1) is 0 Å². The Morgan fingerprint density at radius 3 is 1.64 bits per heavy atom. The highest BCUT2D eigenvalue weighted by atomic mass is 35.5. The maximum atomic E-state index is 11.1. The van der Waals surface area contributed by atoms with Crippen LogP contribution in [0.25, 0.3) is 0 Å². The largest absolute Gasteiger partial charge is 0.498 e. The van der Waals surface area contributed by atoms with E-state index in [1.54, 1.807) is 19.6 Å². The Morgan fingerprint density at radius 2 is 1.55 bits per heavy atom. The van der Waals surface area contributed by atoms with E-state index in [9.17, 15) is 4.57 Å². The molecule has 0 aromatic carbocycles. The van der Waals surface area contributed by atoms with Crippen LogP contribution in [-0.2, 0) is 16.9 Å². The molecule has 11 heavy (non-hydrogen) atoms. The van der Waals surface area contributed by atoms with E-state index in [-0.39, 0.29) is 0 Å². The van der Waals surface area contributed by atoms with Gasteiger partial charge in [-0.3, -0.25) is 0 Å². The van der Waals surface area contributed by atoms with Crippen LogP contribution < -0.4 is 0 Å². The van der Waals surface area contributed by atoms with Crippen LogP contribution in [0.2, 0.25) is 19.6 Å². The number of hydrogen-bond acceptors (Lipinski definition) is 4. The van der Waals surface area contributed by atoms with Crippen LogP contribution in [0.5, 0.6) is 0 Å². The first-order valence-electron chi connectivity index (χ1n) is 2.74. The second-order valence-electron chi connectivity index (χ2n) is 2.79. The van der Waals surface area contributed by atoms with Crippen molar-refractivity contribution in [2.45, 2.75) is 19.6 Å². The van der Waals surface area contributed by atoms with Crippen LogP contribution in [0.3, 0.4) is 0 Å². The molecule has 0 aromatic heterocycles. The molecular formula is C3H9Cl2O4PSi. The van der Waals surface area contributed by atoms with Crippen molar-refractivity contribution in [1.82, 2.24) is 0 Å². The van der Waals surface area contributed by atoms with E-state index in [0.29, 0.717) is 0 Å². The summed E-state index contributed by atoms with van der Waals surface area (Å²) in [6.45, 7) is 5.39. The first-order valence-corrected chi connectivity index (χ1v) is 8.23. The highest BCUT2D eigenvalue weighted by Gasteiger charge is 2.33. The maximum absolute atomic E-state index is 11.1. The summed E-state index contributed by atoms with van der Waals surface area (Å²) in [7, 11) is -5.73. The van der Waals surface area contributed by atoms with E-state index < -0.39 is 16.1 Å². The molecule has 0 fully saturated rings. The first kappa shape index (κ1) is 11.9. The standard InChI is InChI=1S/C3H9Cl2O4PSi/c1-11(2,3)9-10(6,7-4)8-5/h1-3H3. The van der Waals surface area contributed by atoms with Gasteiger partial charge < -0.3 is 4.21 Å². The van der Waals surface area contributed by atoms with Crippen LogP contribution >= 0.6 is 31.6 Å². The molecule has 0 saturated heterocycles. The minimum absolute atomic E-state index is 1.80. The second-order valence-corrected chi connectivity index (χ2v) is 9.74. The van der Waals surface area contributed by atoms with Gasteiger partial charge in [0.1, 0.15) is 0 Å². The van der Waals surface area contributed by atoms with Gasteiger partial charge in [0.2, 0.25) is 0 Å². The van der Waals surface area contributed by atoms with E-state index in [1.165, 1.54) is 0 Å². The molecule has 68 valence electrons. The Morgan fingerprint density at radius 1 is 1.18 bits per heavy atom. The first-order chi connectivity index (χ1) is 4.83. The van der Waals surface area contributed by atoms with E-state index in [4.69, 9.17) is 27.9 Å². The summed E-state index contributed by atoms with van der Waals surface area (Å²) in [5.41, 5.74) is 0. The highest BCUT2D eigenvalue weighted by molar-refractivity contribution is 7.52. The maximum Gasteiger partial charge on any atom is 0.498 e. The molecule has 0 radical (unpaired) electrons. The van der Waals surface area contributed by atoms with Gasteiger partial charge in [0.15, 0.2) is 8.32 Å². The minimum Gasteiger partial charge on any atom is -0.328 e. The van der Waals surface area contributed by atoms with Crippen molar-refractivity contribution >= 4 is 39.9 Å². The third-order valence-corrected chi connectivity index (χ3v) is 4.99. The Bertz CT molecular complexity index is 161. The van der Waals surface area contributed by atoms with Crippen molar-refractivity contribution in [3.8, 4) is 0 Å². The Kier molecular flexibility index (Phi) is 4.58. The molecular weight excluding hydrogens is 230 g/mol. The van der Waals surface area contributed by atoms with Gasteiger partial charge in [0.05, 0.1) is 23.7 Å². The molecule has 0 bridgehead atoms. The van der Waals surface area contributed by atoms with Crippen LogP contribution in [0, 0.1) is 0 Å². The monoisotopic (exact) mass is 238 g/mol. The van der Waals surface area contributed by atoms with Crippen LogP contribution in [0.4, 0.5) is 0 Å². The molecule has 0 spiro atoms. The zero-order valence-corrected chi connectivity index (χ0v) is 9.74. The minimum atomic E-state index is -3.71. The second kappa shape index (κ2) is 4.23. The quantitative estimate of drug-likeness (QED) is 0.557. The van der Waals surface area contributed by atoms with Gasteiger partial charge >= 0.3 is 7.82 Å². The lowest BCUT2D eigenvalue weighted by molar-refractivity contribution is 0.316. The average molecular weight is 239 g/mol. The summed E-state index contributed by atoms with van der Waals surface area (Å²) >= 11 is 9.68. The lowest BCUT2D eigenvalue weighted by Crippen LogP contribution is -2.23. The third-order valence-electron chi connectivity index (χ3n) is 0.555. The van der Waals surface area contributed by atoms with E-state index in [0.717, 1.165) is 0 Å². The van der Waals surface area contributed by atoms with Gasteiger partial charge in [0.25, 0.3) is 0 Å². The Balaban J connectivity index is 4.21. The van der Waals surface area contributed by atoms with Crippen molar-refractivity contribution in [2.24, 2.45) is 0 Å². The van der Waals surface area contributed by atoms with Crippen molar-refractivity contribution in [2.75, 3.05) is 0 Å². The molecule has 0 unspecified atom stereocenters. The van der Waals surface area contributed by atoms with Crippen LogP contribution in [0.15, 0.2) is 0 Å². The molecule has 0 saturated carbocycles. The van der Waals surface area contributed by atoms with Crippen molar-refractivity contribution in [1.29, 1.82) is 0 Å². The zero-order chi connectivity index (χ0) is 9.12. The predicted molar refractivity (Wildman–Crippen MR) is 45.9 cm³/mol. The van der Waals surface area contributed by atoms with Crippen LogP contribution in [-0.4, -0.2) is 8.32 Å². The normalized spacial score (nSPS) is 13.5. The molecule has 0 aliphatic heterocycles. The van der Waals surface area contributed by atoms with Gasteiger partial charge in [-0.25, -0.2) is 4.57 Å². The fourth-order valence-electron chi connectivity index (χ4n) is 0.374. The van der Waals surface area contributed by atoms with E-state index in [2.05, 4.69) is 8.15 Å². The molecule has 0 heterocycles. The van der Waals surface area contributed by atoms with Gasteiger partial charge in [-0.2, -0.15) is 8.15 Å². The molecule has 8 heteroatoms. The fraction of sp³-hybridized carbons (Fsp3) is 1.00. The Labute approximate surface area is 76.8 Å². The van der Waals surface area contributed by atoms with E-state index >= 15 is 0 Å². The molecule has 0 aromatic rings. The highest BCUT2D eigenvalue weighted by Crippen LogP contribution is 2.53. The molecule has 0 atom stereocenters. The van der Waals surface area contributed by atoms with Gasteiger partial charge in [-0.05, 0) is 19.6 Å². The number of hydrogen-bond donors (Lipinski definition) is 0. The summed E-state index contributed by atoms with van der Waals surface area (Å²) in [5, 5.41) is 0. The van der Waals surface area contributed by atoms with Crippen LogP contribution in [0.1, 0.15) is 0 Å². The molecule has 4 nitrogen and oxygen atoms in total. The van der Waals surface area contributed by atoms with Gasteiger partial charge in [0, 0.05) is 0 Å². The summed E-state index contributed by atoms with van der Waals surface area (Å²) in [4.78, 5) is 0. The Hall–Kier alpha value is 0.907. The molecule has 0 N–H and O–H groups in total. The topological polar surface area (TPSA) is 44.8 Å². The van der Waals surface area contributed by atoms with Crippen molar-refractivity contribution in [3.63, 3.8) is 0 Å². The fourth-order valence-corrected chi connectivity index (χ4v) is 4.07. The zero-order valence-electron chi connectivity index (χ0n) is 6.34. The summed E-state index contributed by atoms with van der Waals surface area (Å²) < 4.78 is 23.9. The lowest BCUT2D eigenvalue weighted by Gasteiger charge is -2.19. The van der Waals surface area contributed by atoms with Crippen molar-refractivity contribution < 1.29 is 16.9 Å². The molecule has 0 aliphatic rings. The summed E-state index contributed by atoms with van der Waals surface area (Å²) in [6, 6.07) is 0. The smallest absolute Gasteiger partial charge is 0.328 e. The number of phosphoric acid groups is 1. The SMILES string of the molecule is C[Si](C)(C)OP(=O)(OCl)OCl. The van der Waals surface area contributed by atoms with E-state index in [1.807, 2.05) is 0 Å². The lowest BCUT2D eigenvalue weighted by atomic mass is 11.8. The molecule has 0 aliphatic carbocycles. The molecule has 0 rings (SSSR count). The van der Waals surface area contributed by atoms with Crippen molar-refractivity contribution in [3.05, 3.63) is 0 Å². The number of halogens is 2. The average Bonchev–Trinajstić information content (AvgIpc) is 1.84. The number of rotatable bonds is 4.